The molecule has 1 aromatic heterocycles. The zero-order valence-electron chi connectivity index (χ0n) is 12.2. The van der Waals surface area contributed by atoms with Gasteiger partial charge in [-0.05, 0) is 24.5 Å². The Hall–Kier alpha value is -1.06. The van der Waals surface area contributed by atoms with Crippen molar-refractivity contribution in [2.45, 2.75) is 24.4 Å². The van der Waals surface area contributed by atoms with Crippen LogP contribution in [0.4, 0.5) is 0 Å². The smallest absolute Gasteiger partial charge is 0.258 e. The number of sulfonamides is 1. The van der Waals surface area contributed by atoms with Gasteiger partial charge < -0.3 is 15.2 Å². The molecule has 0 aliphatic carbocycles. The molecule has 1 heterocycles. The van der Waals surface area contributed by atoms with Crippen LogP contribution < -0.4 is 10.5 Å². The molecule has 0 radical (unpaired) electrons. The van der Waals surface area contributed by atoms with E-state index in [9.17, 15) is 8.42 Å². The molecular weight excluding hydrogens is 294 g/mol. The number of methoxy groups -OCH3 is 1. The first-order valence-electron chi connectivity index (χ1n) is 6.81. The van der Waals surface area contributed by atoms with Crippen LogP contribution in [0.15, 0.2) is 23.4 Å². The molecule has 0 saturated carbocycles. The van der Waals surface area contributed by atoms with E-state index in [1.807, 2.05) is 0 Å². The first kappa shape index (κ1) is 18.0. The fraction of sp³-hybridized carbons (Fsp3) is 0.615. The lowest BCUT2D eigenvalue weighted by Crippen LogP contribution is -2.26. The van der Waals surface area contributed by atoms with Crippen LogP contribution in [0.2, 0.25) is 0 Å². The molecule has 0 aliphatic rings. The molecule has 0 bridgehead atoms. The van der Waals surface area contributed by atoms with E-state index in [0.29, 0.717) is 39.3 Å². The van der Waals surface area contributed by atoms with Gasteiger partial charge in [0.25, 0.3) is 10.0 Å². The minimum absolute atomic E-state index is 0.0102. The van der Waals surface area contributed by atoms with Gasteiger partial charge in [-0.1, -0.05) is 6.07 Å². The van der Waals surface area contributed by atoms with Gasteiger partial charge in [-0.25, -0.2) is 18.1 Å². The van der Waals surface area contributed by atoms with Crippen LogP contribution >= 0.6 is 0 Å². The zero-order chi connectivity index (χ0) is 15.6. The number of unbranched alkanes of at least 4 members (excludes halogenated alkanes) is 1. The van der Waals surface area contributed by atoms with Gasteiger partial charge in [0.2, 0.25) is 0 Å². The highest BCUT2D eigenvalue weighted by Gasteiger charge is 2.14. The molecule has 0 spiro atoms. The monoisotopic (exact) mass is 317 g/mol. The van der Waals surface area contributed by atoms with E-state index in [1.54, 1.807) is 13.2 Å². The molecule has 0 fully saturated rings. The summed E-state index contributed by atoms with van der Waals surface area (Å²) >= 11 is 0. The summed E-state index contributed by atoms with van der Waals surface area (Å²) in [6, 6.07) is 3.11. The fourth-order valence-corrected chi connectivity index (χ4v) is 2.54. The average Bonchev–Trinajstić information content (AvgIpc) is 2.50. The standard InChI is InChI=1S/C13H23N3O4S/c1-19-8-9-20-7-3-2-6-16-21(17,18)13-5-4-12(10-14)11-15-13/h4-5,11,16H,2-3,6-10,14H2,1H3. The molecule has 21 heavy (non-hydrogen) atoms. The summed E-state index contributed by atoms with van der Waals surface area (Å²) in [5, 5.41) is 0.0102. The molecule has 120 valence electrons. The van der Waals surface area contributed by atoms with Crippen molar-refractivity contribution in [3.8, 4) is 0 Å². The molecule has 0 amide bonds. The van der Waals surface area contributed by atoms with Crippen LogP contribution in [0, 0.1) is 0 Å². The fourth-order valence-electron chi connectivity index (χ4n) is 1.54. The highest BCUT2D eigenvalue weighted by molar-refractivity contribution is 7.89. The number of rotatable bonds is 11. The Balaban J connectivity index is 2.26. The summed E-state index contributed by atoms with van der Waals surface area (Å²) in [6.07, 6.45) is 2.96. The van der Waals surface area contributed by atoms with Crippen LogP contribution in [0.1, 0.15) is 18.4 Å². The van der Waals surface area contributed by atoms with Gasteiger partial charge in [-0.3, -0.25) is 0 Å². The van der Waals surface area contributed by atoms with Gasteiger partial charge in [0, 0.05) is 33.0 Å². The molecule has 8 heteroatoms. The molecule has 7 nitrogen and oxygen atoms in total. The van der Waals surface area contributed by atoms with E-state index in [4.69, 9.17) is 15.2 Å². The molecule has 1 aromatic rings. The maximum absolute atomic E-state index is 12.0. The van der Waals surface area contributed by atoms with Crippen LogP contribution in [0.25, 0.3) is 0 Å². The van der Waals surface area contributed by atoms with E-state index in [0.717, 1.165) is 12.0 Å². The maximum atomic E-state index is 12.0. The Kier molecular flexibility index (Phi) is 8.40. The largest absolute Gasteiger partial charge is 0.382 e. The van der Waals surface area contributed by atoms with Crippen molar-refractivity contribution in [3.05, 3.63) is 23.9 Å². The molecular formula is C13H23N3O4S. The third kappa shape index (κ3) is 6.96. The Morgan fingerprint density at radius 1 is 1.24 bits per heavy atom. The number of nitrogens with one attached hydrogen (secondary N) is 1. The van der Waals surface area contributed by atoms with E-state index < -0.39 is 10.0 Å². The summed E-state index contributed by atoms with van der Waals surface area (Å²) in [7, 11) is -1.93. The average molecular weight is 317 g/mol. The lowest BCUT2D eigenvalue weighted by atomic mass is 10.3. The molecule has 1 rings (SSSR count). The Morgan fingerprint density at radius 3 is 2.67 bits per heavy atom. The minimum Gasteiger partial charge on any atom is -0.382 e. The molecule has 0 aliphatic heterocycles. The first-order chi connectivity index (χ1) is 10.1. The molecule has 0 aromatic carbocycles. The van der Waals surface area contributed by atoms with Crippen LogP contribution in [-0.2, 0) is 26.0 Å². The van der Waals surface area contributed by atoms with E-state index in [-0.39, 0.29) is 5.03 Å². The van der Waals surface area contributed by atoms with E-state index >= 15 is 0 Å². The van der Waals surface area contributed by atoms with Gasteiger partial charge in [-0.2, -0.15) is 0 Å². The Morgan fingerprint density at radius 2 is 2.05 bits per heavy atom. The number of ether oxygens (including phenoxy) is 2. The second-order valence-corrected chi connectivity index (χ2v) is 6.13. The Bertz CT molecular complexity index is 491. The number of pyridine rings is 1. The Labute approximate surface area is 125 Å². The van der Waals surface area contributed by atoms with Gasteiger partial charge in [0.1, 0.15) is 0 Å². The molecule has 0 saturated heterocycles. The summed E-state index contributed by atoms with van der Waals surface area (Å²) in [6.45, 7) is 2.41. The van der Waals surface area contributed by atoms with Crippen molar-refractivity contribution in [1.82, 2.24) is 9.71 Å². The maximum Gasteiger partial charge on any atom is 0.258 e. The summed E-state index contributed by atoms with van der Waals surface area (Å²) < 4.78 is 36.6. The summed E-state index contributed by atoms with van der Waals surface area (Å²) in [4.78, 5) is 3.90. The van der Waals surface area contributed by atoms with Crippen molar-refractivity contribution < 1.29 is 17.9 Å². The summed E-state index contributed by atoms with van der Waals surface area (Å²) in [5.41, 5.74) is 6.23. The van der Waals surface area contributed by atoms with Crippen LogP contribution in [-0.4, -0.2) is 46.9 Å². The SMILES string of the molecule is COCCOCCCCNS(=O)(=O)c1ccc(CN)cn1. The van der Waals surface area contributed by atoms with Gasteiger partial charge >= 0.3 is 0 Å². The highest BCUT2D eigenvalue weighted by atomic mass is 32.2. The van der Waals surface area contributed by atoms with Crippen molar-refractivity contribution in [2.24, 2.45) is 5.73 Å². The molecule has 0 unspecified atom stereocenters. The number of aromatic nitrogens is 1. The second kappa shape index (κ2) is 9.80. The van der Waals surface area contributed by atoms with E-state index in [2.05, 4.69) is 9.71 Å². The quantitative estimate of drug-likeness (QED) is 0.568. The predicted octanol–water partition coefficient (Wildman–Crippen LogP) is 0.262. The third-order valence-corrected chi connectivity index (χ3v) is 4.12. The number of nitrogens with zero attached hydrogens (tertiary/aromatic N) is 1. The van der Waals surface area contributed by atoms with Crippen LogP contribution in [0.5, 0.6) is 0 Å². The van der Waals surface area contributed by atoms with Crippen molar-refractivity contribution in [1.29, 1.82) is 0 Å². The minimum atomic E-state index is -3.55. The van der Waals surface area contributed by atoms with E-state index in [1.165, 1.54) is 12.3 Å². The lowest BCUT2D eigenvalue weighted by Gasteiger charge is -2.07. The zero-order valence-corrected chi connectivity index (χ0v) is 13.1. The number of hydrogen-bond acceptors (Lipinski definition) is 6. The summed E-state index contributed by atoms with van der Waals surface area (Å²) in [5.74, 6) is 0. The normalized spacial score (nSPS) is 11.7. The van der Waals surface area contributed by atoms with Crippen LogP contribution in [0.3, 0.4) is 0 Å². The number of nitrogens with two attached hydrogens (primary N) is 1. The second-order valence-electron chi connectivity index (χ2n) is 4.42. The van der Waals surface area contributed by atoms with Crippen molar-refractivity contribution in [3.63, 3.8) is 0 Å². The molecule has 3 N–H and O–H groups in total. The van der Waals surface area contributed by atoms with Crippen molar-refractivity contribution >= 4 is 10.0 Å². The van der Waals surface area contributed by atoms with Gasteiger partial charge in [0.05, 0.1) is 13.2 Å². The lowest BCUT2D eigenvalue weighted by molar-refractivity contribution is 0.0689. The van der Waals surface area contributed by atoms with Gasteiger partial charge in [0.15, 0.2) is 5.03 Å². The number of hydrogen-bond donors (Lipinski definition) is 2. The van der Waals surface area contributed by atoms with Crippen molar-refractivity contribution in [2.75, 3.05) is 33.5 Å². The predicted molar refractivity (Wildman–Crippen MR) is 79.2 cm³/mol. The van der Waals surface area contributed by atoms with Gasteiger partial charge in [-0.15, -0.1) is 0 Å². The highest BCUT2D eigenvalue weighted by Crippen LogP contribution is 2.06. The topological polar surface area (TPSA) is 104 Å². The molecule has 0 atom stereocenters. The third-order valence-electron chi connectivity index (χ3n) is 2.75. The first-order valence-corrected chi connectivity index (χ1v) is 8.30.